The number of carbonyl (C=O) groups is 1. The minimum Gasteiger partial charge on any atom is -0.324 e. The van der Waals surface area contributed by atoms with Crippen LogP contribution >= 0.6 is 11.6 Å². The molecule has 2 aromatic heterocycles. The Labute approximate surface area is 144 Å². The maximum atomic E-state index is 12.4. The van der Waals surface area contributed by atoms with E-state index in [2.05, 4.69) is 20.3 Å². The Morgan fingerprint density at radius 3 is 3.00 bits per heavy atom. The summed E-state index contributed by atoms with van der Waals surface area (Å²) < 4.78 is 0. The van der Waals surface area contributed by atoms with Crippen LogP contribution in [0.15, 0.2) is 29.2 Å². The van der Waals surface area contributed by atoms with Gasteiger partial charge in [0.15, 0.2) is 0 Å². The van der Waals surface area contributed by atoms with Gasteiger partial charge in [-0.05, 0) is 31.9 Å². The van der Waals surface area contributed by atoms with Crippen molar-refractivity contribution in [1.29, 1.82) is 0 Å². The molecule has 0 aliphatic carbocycles. The number of H-pyrrole nitrogens is 1. The van der Waals surface area contributed by atoms with Gasteiger partial charge in [0.1, 0.15) is 11.0 Å². The second-order valence-corrected chi connectivity index (χ2v) is 6.23. The highest BCUT2D eigenvalue weighted by molar-refractivity contribution is 6.29. The second kappa shape index (κ2) is 7.00. The van der Waals surface area contributed by atoms with Crippen molar-refractivity contribution in [3.05, 3.63) is 51.4 Å². The molecule has 1 aliphatic heterocycles. The van der Waals surface area contributed by atoms with Gasteiger partial charge in [0.2, 0.25) is 0 Å². The highest BCUT2D eigenvalue weighted by atomic mass is 35.5. The van der Waals surface area contributed by atoms with E-state index in [9.17, 15) is 9.59 Å². The second-order valence-electron chi connectivity index (χ2n) is 5.84. The number of amides is 2. The summed E-state index contributed by atoms with van der Waals surface area (Å²) in [7, 11) is 0. The van der Waals surface area contributed by atoms with E-state index in [4.69, 9.17) is 11.6 Å². The van der Waals surface area contributed by atoms with E-state index >= 15 is 0 Å². The predicted molar refractivity (Wildman–Crippen MR) is 91.4 cm³/mol. The normalized spacial score (nSPS) is 17.6. The number of pyridine rings is 1. The zero-order valence-corrected chi connectivity index (χ0v) is 14.0. The average Bonchev–Trinajstić information content (AvgIpc) is 2.56. The summed E-state index contributed by atoms with van der Waals surface area (Å²) in [4.78, 5) is 36.8. The van der Waals surface area contributed by atoms with Gasteiger partial charge in [-0.25, -0.2) is 14.8 Å². The highest BCUT2D eigenvalue weighted by Gasteiger charge is 2.26. The van der Waals surface area contributed by atoms with Crippen LogP contribution in [-0.2, 0) is 0 Å². The fourth-order valence-electron chi connectivity index (χ4n) is 2.87. The Kier molecular flexibility index (Phi) is 4.80. The zero-order chi connectivity index (χ0) is 17.1. The number of aryl methyl sites for hydroxylation is 1. The standard InChI is InChI=1S/C16H18ClN5O2/c1-10-19-13(7-15(23)20-10)11-3-2-6-22(9-11)16(24)21-12-4-5-14(17)18-8-12/h4-5,7-8,11H,2-3,6,9H2,1H3,(H,21,24)(H,19,20,23). The van der Waals surface area contributed by atoms with Crippen molar-refractivity contribution < 1.29 is 4.79 Å². The molecule has 3 heterocycles. The molecule has 3 rings (SSSR count). The summed E-state index contributed by atoms with van der Waals surface area (Å²) in [5.74, 6) is 0.653. The van der Waals surface area contributed by atoms with Gasteiger partial charge < -0.3 is 15.2 Å². The predicted octanol–water partition coefficient (Wildman–Crippen LogP) is 2.54. The number of nitrogens with zero attached hydrogens (tertiary/aromatic N) is 3. The number of nitrogens with one attached hydrogen (secondary N) is 2. The number of rotatable bonds is 2. The van der Waals surface area contributed by atoms with Gasteiger partial charge in [0.25, 0.3) is 5.56 Å². The van der Waals surface area contributed by atoms with E-state index in [1.165, 1.54) is 12.3 Å². The van der Waals surface area contributed by atoms with Crippen LogP contribution < -0.4 is 10.9 Å². The number of halogens is 1. The van der Waals surface area contributed by atoms with E-state index in [-0.39, 0.29) is 17.5 Å². The van der Waals surface area contributed by atoms with Crippen LogP contribution in [0.25, 0.3) is 0 Å². The molecule has 0 spiro atoms. The quantitative estimate of drug-likeness (QED) is 0.817. The summed E-state index contributed by atoms with van der Waals surface area (Å²) in [5, 5.41) is 3.19. The first-order valence-electron chi connectivity index (χ1n) is 7.76. The molecule has 1 unspecified atom stereocenters. The number of carbonyl (C=O) groups excluding carboxylic acids is 1. The third-order valence-corrected chi connectivity index (χ3v) is 4.21. The van der Waals surface area contributed by atoms with E-state index in [0.29, 0.717) is 29.8 Å². The molecule has 2 N–H and O–H groups in total. The maximum absolute atomic E-state index is 12.4. The van der Waals surface area contributed by atoms with E-state index < -0.39 is 0 Å². The molecule has 126 valence electrons. The van der Waals surface area contributed by atoms with E-state index in [1.807, 2.05) is 0 Å². The number of likely N-dealkylation sites (tertiary alicyclic amines) is 1. The first kappa shape index (κ1) is 16.4. The van der Waals surface area contributed by atoms with Gasteiger partial charge in [0, 0.05) is 25.1 Å². The average molecular weight is 348 g/mol. The van der Waals surface area contributed by atoms with Crippen molar-refractivity contribution in [2.24, 2.45) is 0 Å². The number of anilines is 1. The number of aromatic nitrogens is 3. The molecule has 0 aromatic carbocycles. The summed E-state index contributed by atoms with van der Waals surface area (Å²) in [5.41, 5.74) is 1.17. The lowest BCUT2D eigenvalue weighted by Crippen LogP contribution is -2.42. The Bertz CT molecular complexity index is 790. The molecule has 8 heteroatoms. The largest absolute Gasteiger partial charge is 0.324 e. The van der Waals surface area contributed by atoms with Crippen molar-refractivity contribution in [3.63, 3.8) is 0 Å². The van der Waals surface area contributed by atoms with Gasteiger partial charge in [-0.3, -0.25) is 4.79 Å². The minimum atomic E-state index is -0.189. The molecule has 1 aliphatic rings. The lowest BCUT2D eigenvalue weighted by atomic mass is 9.94. The number of aromatic amines is 1. The molecule has 2 amide bonds. The lowest BCUT2D eigenvalue weighted by Gasteiger charge is -2.32. The molecular weight excluding hydrogens is 330 g/mol. The topological polar surface area (TPSA) is 91.0 Å². The van der Waals surface area contributed by atoms with Crippen molar-refractivity contribution >= 4 is 23.3 Å². The van der Waals surface area contributed by atoms with Gasteiger partial charge in [0.05, 0.1) is 17.6 Å². The lowest BCUT2D eigenvalue weighted by molar-refractivity contribution is 0.192. The molecule has 0 radical (unpaired) electrons. The van der Waals surface area contributed by atoms with Crippen molar-refractivity contribution in [1.82, 2.24) is 19.9 Å². The summed E-state index contributed by atoms with van der Waals surface area (Å²) in [6, 6.07) is 4.66. The van der Waals surface area contributed by atoms with Gasteiger partial charge >= 0.3 is 6.03 Å². The number of hydrogen-bond donors (Lipinski definition) is 2. The van der Waals surface area contributed by atoms with E-state index in [0.717, 1.165) is 18.5 Å². The van der Waals surface area contributed by atoms with Crippen LogP contribution in [0.4, 0.5) is 10.5 Å². The van der Waals surface area contributed by atoms with Crippen LogP contribution in [-0.4, -0.2) is 39.0 Å². The number of hydrogen-bond acceptors (Lipinski definition) is 4. The van der Waals surface area contributed by atoms with Crippen molar-refractivity contribution in [2.45, 2.75) is 25.7 Å². The molecule has 1 fully saturated rings. The molecule has 24 heavy (non-hydrogen) atoms. The van der Waals surface area contributed by atoms with Crippen LogP contribution in [0, 0.1) is 6.92 Å². The zero-order valence-electron chi connectivity index (χ0n) is 13.3. The van der Waals surface area contributed by atoms with Crippen LogP contribution in [0.1, 0.15) is 30.3 Å². The fraction of sp³-hybridized carbons (Fsp3) is 0.375. The first-order chi connectivity index (χ1) is 11.5. The van der Waals surface area contributed by atoms with Gasteiger partial charge in [-0.1, -0.05) is 11.6 Å². The van der Waals surface area contributed by atoms with Gasteiger partial charge in [-0.15, -0.1) is 0 Å². The smallest absolute Gasteiger partial charge is 0.321 e. The van der Waals surface area contributed by atoms with Crippen molar-refractivity contribution in [3.8, 4) is 0 Å². The molecule has 2 aromatic rings. The van der Waals surface area contributed by atoms with Crippen LogP contribution in [0.3, 0.4) is 0 Å². The third kappa shape index (κ3) is 3.91. The molecule has 0 bridgehead atoms. The van der Waals surface area contributed by atoms with Crippen LogP contribution in [0.5, 0.6) is 0 Å². The van der Waals surface area contributed by atoms with E-state index in [1.54, 1.807) is 24.0 Å². The number of piperidine rings is 1. The fourth-order valence-corrected chi connectivity index (χ4v) is 2.98. The molecule has 1 saturated heterocycles. The molecule has 1 atom stereocenters. The Morgan fingerprint density at radius 1 is 1.46 bits per heavy atom. The first-order valence-corrected chi connectivity index (χ1v) is 8.14. The Hall–Kier alpha value is -2.41. The molecule has 7 nitrogen and oxygen atoms in total. The Morgan fingerprint density at radius 2 is 2.29 bits per heavy atom. The monoisotopic (exact) mass is 347 g/mol. The van der Waals surface area contributed by atoms with Gasteiger partial charge in [-0.2, -0.15) is 0 Å². The maximum Gasteiger partial charge on any atom is 0.321 e. The third-order valence-electron chi connectivity index (χ3n) is 3.99. The summed E-state index contributed by atoms with van der Waals surface area (Å²) in [6.07, 6.45) is 3.29. The summed E-state index contributed by atoms with van der Waals surface area (Å²) >= 11 is 5.74. The number of urea groups is 1. The minimum absolute atomic E-state index is 0.0637. The summed E-state index contributed by atoms with van der Waals surface area (Å²) in [6.45, 7) is 2.96. The van der Waals surface area contributed by atoms with Crippen molar-refractivity contribution in [2.75, 3.05) is 18.4 Å². The van der Waals surface area contributed by atoms with Crippen LogP contribution in [0.2, 0.25) is 5.15 Å². The molecule has 0 saturated carbocycles. The SMILES string of the molecule is Cc1nc(C2CCCN(C(=O)Nc3ccc(Cl)nc3)C2)cc(=O)[nH]1. The Balaban J connectivity index is 1.69. The highest BCUT2D eigenvalue weighted by Crippen LogP contribution is 2.25. The molecular formula is C16H18ClN5O2.